The van der Waals surface area contributed by atoms with Gasteiger partial charge in [0.25, 0.3) is 5.91 Å². The molecular formula is C35H46N4O7S. The number of nitrogens with zero attached hydrogens (tertiary/aromatic N) is 2. The third-order valence-electron chi connectivity index (χ3n) is 10.1. The Hall–Kier alpha value is -3.67. The van der Waals surface area contributed by atoms with Crippen LogP contribution in [0.1, 0.15) is 78.6 Å². The number of hydrogen-bond acceptors (Lipinski definition) is 8. The Labute approximate surface area is 276 Å². The lowest BCUT2D eigenvalue weighted by molar-refractivity contribution is -0.140. The zero-order valence-electron chi connectivity index (χ0n) is 27.4. The van der Waals surface area contributed by atoms with Crippen molar-refractivity contribution in [3.05, 3.63) is 42.6 Å². The second-order valence-corrected chi connectivity index (χ2v) is 15.7. The molecular weight excluding hydrogens is 620 g/mol. The summed E-state index contributed by atoms with van der Waals surface area (Å²) < 4.78 is 39.8. The summed E-state index contributed by atoms with van der Waals surface area (Å²) in [6.45, 7) is 6.94. The Morgan fingerprint density at radius 1 is 1.15 bits per heavy atom. The molecule has 2 aliphatic heterocycles. The lowest BCUT2D eigenvalue weighted by atomic mass is 9.88. The smallest absolute Gasteiger partial charge is 0.259 e. The SMILES string of the molecule is CCOc1ccc2c(O[C@@H]3C[C@H]4C(=O)N[C@]5(C(=O)NS(=O)(=O)C6CC6)C[C@H]5/C=C\CC[C@H](C)C[C@@H](CC)CC(=O)N4C3)nccc2c1. The Morgan fingerprint density at radius 2 is 1.96 bits per heavy atom. The maximum absolute atomic E-state index is 14.1. The minimum atomic E-state index is -3.81. The Bertz CT molecular complexity index is 1660. The van der Waals surface area contributed by atoms with Gasteiger partial charge in [-0.05, 0) is 86.9 Å². The number of nitrogens with one attached hydrogen (secondary N) is 2. The first-order chi connectivity index (χ1) is 22.5. The predicted molar refractivity (Wildman–Crippen MR) is 177 cm³/mol. The van der Waals surface area contributed by atoms with E-state index in [2.05, 4.69) is 28.9 Å². The van der Waals surface area contributed by atoms with Gasteiger partial charge in [0, 0.05) is 30.3 Å². The second-order valence-electron chi connectivity index (χ2n) is 13.7. The molecule has 0 radical (unpaired) electrons. The molecule has 4 aliphatic rings. The van der Waals surface area contributed by atoms with Crippen LogP contribution in [0.2, 0.25) is 0 Å². The molecule has 2 aliphatic carbocycles. The standard InChI is InChI=1S/C35H46N4O7S/c1-4-23-16-22(3)8-6-7-9-25-20-35(25,34(42)38-47(43,44)28-11-12-28)37-32(41)30-19-27(21-39(30)31(40)17-23)46-33-29-13-10-26(45-5-2)18-24(29)14-15-36-33/h7,9-10,13-15,18,22-23,25,27-28,30H,4-6,8,11-12,16-17,19-21H2,1-3H3,(H,37,41)(H,38,42)/b9-7-/t22-,23+,25+,27+,30-,35+/m0/s1. The van der Waals surface area contributed by atoms with Crippen molar-refractivity contribution in [2.24, 2.45) is 17.8 Å². The monoisotopic (exact) mass is 666 g/mol. The number of sulfonamides is 1. The van der Waals surface area contributed by atoms with Crippen molar-refractivity contribution in [2.75, 3.05) is 13.2 Å². The Morgan fingerprint density at radius 3 is 2.70 bits per heavy atom. The van der Waals surface area contributed by atoms with Crippen molar-refractivity contribution in [2.45, 2.75) is 101 Å². The molecule has 2 aromatic rings. The van der Waals surface area contributed by atoms with Crippen LogP contribution in [-0.2, 0) is 24.4 Å². The summed E-state index contributed by atoms with van der Waals surface area (Å²) in [5, 5.41) is 4.04. The predicted octanol–water partition coefficient (Wildman–Crippen LogP) is 4.26. The zero-order valence-corrected chi connectivity index (χ0v) is 28.3. The summed E-state index contributed by atoms with van der Waals surface area (Å²) in [5.41, 5.74) is -1.39. The molecule has 254 valence electrons. The first kappa shape index (κ1) is 33.2. The highest BCUT2D eigenvalue weighted by atomic mass is 32.2. The number of amides is 3. The molecule has 6 rings (SSSR count). The van der Waals surface area contributed by atoms with Crippen LogP contribution >= 0.6 is 0 Å². The molecule has 1 saturated heterocycles. The summed E-state index contributed by atoms with van der Waals surface area (Å²) in [5.74, 6) is 0.0366. The minimum absolute atomic E-state index is 0.127. The van der Waals surface area contributed by atoms with Crippen LogP contribution in [0.5, 0.6) is 11.6 Å². The number of ether oxygens (including phenoxy) is 2. The Kier molecular flexibility index (Phi) is 9.51. The highest BCUT2D eigenvalue weighted by Crippen LogP contribution is 2.46. The molecule has 3 fully saturated rings. The van der Waals surface area contributed by atoms with E-state index in [4.69, 9.17) is 9.47 Å². The van der Waals surface area contributed by atoms with Crippen molar-refractivity contribution in [1.82, 2.24) is 19.9 Å². The topological polar surface area (TPSA) is 144 Å². The van der Waals surface area contributed by atoms with Crippen LogP contribution < -0.4 is 19.5 Å². The molecule has 2 N–H and O–H groups in total. The third-order valence-corrected chi connectivity index (χ3v) is 11.9. The van der Waals surface area contributed by atoms with Crippen LogP contribution in [0.3, 0.4) is 0 Å². The lowest BCUT2D eigenvalue weighted by Gasteiger charge is -2.28. The van der Waals surface area contributed by atoms with Gasteiger partial charge in [-0.2, -0.15) is 0 Å². The van der Waals surface area contributed by atoms with Gasteiger partial charge in [-0.3, -0.25) is 19.1 Å². The average molecular weight is 667 g/mol. The van der Waals surface area contributed by atoms with Gasteiger partial charge in [0.1, 0.15) is 23.4 Å². The van der Waals surface area contributed by atoms with E-state index < -0.39 is 44.8 Å². The van der Waals surface area contributed by atoms with Gasteiger partial charge < -0.3 is 19.7 Å². The van der Waals surface area contributed by atoms with E-state index in [0.717, 1.165) is 42.2 Å². The van der Waals surface area contributed by atoms with Gasteiger partial charge in [-0.1, -0.05) is 32.4 Å². The number of fused-ring (bicyclic) bond motifs is 3. The number of carbonyl (C=O) groups excluding carboxylic acids is 3. The molecule has 0 bridgehead atoms. The van der Waals surface area contributed by atoms with E-state index in [0.29, 0.717) is 44.1 Å². The largest absolute Gasteiger partial charge is 0.494 e. The van der Waals surface area contributed by atoms with E-state index in [1.165, 1.54) is 0 Å². The summed E-state index contributed by atoms with van der Waals surface area (Å²) in [6.07, 6.45) is 10.4. The fourth-order valence-corrected chi connectivity index (χ4v) is 8.46. The molecule has 1 aromatic carbocycles. The normalized spacial score (nSPS) is 30.7. The van der Waals surface area contributed by atoms with Gasteiger partial charge in [-0.25, -0.2) is 13.4 Å². The van der Waals surface area contributed by atoms with Crippen molar-refractivity contribution in [1.29, 1.82) is 0 Å². The number of carbonyl (C=O) groups is 3. The number of pyridine rings is 1. The lowest BCUT2D eigenvalue weighted by Crippen LogP contribution is -2.56. The van der Waals surface area contributed by atoms with Crippen LogP contribution in [-0.4, -0.2) is 72.1 Å². The van der Waals surface area contributed by atoms with Gasteiger partial charge in [0.05, 0.1) is 18.4 Å². The maximum atomic E-state index is 14.1. The van der Waals surface area contributed by atoms with Crippen LogP contribution in [0.15, 0.2) is 42.6 Å². The first-order valence-corrected chi connectivity index (χ1v) is 18.6. The molecule has 3 amide bonds. The highest BCUT2D eigenvalue weighted by Gasteiger charge is 2.62. The van der Waals surface area contributed by atoms with E-state index >= 15 is 0 Å². The molecule has 3 heterocycles. The number of aromatic nitrogens is 1. The fourth-order valence-electron chi connectivity index (χ4n) is 7.10. The van der Waals surface area contributed by atoms with E-state index in [-0.39, 0.29) is 30.7 Å². The van der Waals surface area contributed by atoms with E-state index in [1.807, 2.05) is 43.3 Å². The van der Waals surface area contributed by atoms with Gasteiger partial charge in [0.15, 0.2) is 0 Å². The number of hydrogen-bond donors (Lipinski definition) is 2. The second kappa shape index (κ2) is 13.4. The van der Waals surface area contributed by atoms with Gasteiger partial charge in [-0.15, -0.1) is 0 Å². The number of benzene rings is 1. The number of allylic oxidation sites excluding steroid dienone is 1. The molecule has 6 atom stereocenters. The molecule has 1 aromatic heterocycles. The summed E-state index contributed by atoms with van der Waals surface area (Å²) in [7, 11) is -3.81. The first-order valence-electron chi connectivity index (χ1n) is 17.0. The zero-order chi connectivity index (χ0) is 33.3. The summed E-state index contributed by atoms with van der Waals surface area (Å²) >= 11 is 0. The van der Waals surface area contributed by atoms with Crippen molar-refractivity contribution >= 4 is 38.5 Å². The summed E-state index contributed by atoms with van der Waals surface area (Å²) in [4.78, 5) is 47.7. The van der Waals surface area contributed by atoms with Crippen LogP contribution in [0.4, 0.5) is 0 Å². The maximum Gasteiger partial charge on any atom is 0.259 e. The molecule has 0 unspecified atom stereocenters. The molecule has 12 heteroatoms. The number of rotatable bonds is 8. The van der Waals surface area contributed by atoms with Crippen LogP contribution in [0.25, 0.3) is 10.8 Å². The fraction of sp³-hybridized carbons (Fsp3) is 0.600. The van der Waals surface area contributed by atoms with Crippen molar-refractivity contribution < 1.29 is 32.3 Å². The average Bonchev–Trinajstić information content (AvgIpc) is 3.96. The molecule has 2 saturated carbocycles. The third kappa shape index (κ3) is 7.27. The highest BCUT2D eigenvalue weighted by molar-refractivity contribution is 7.91. The minimum Gasteiger partial charge on any atom is -0.494 e. The van der Waals surface area contributed by atoms with E-state index in [9.17, 15) is 22.8 Å². The molecule has 0 spiro atoms. The van der Waals surface area contributed by atoms with Crippen molar-refractivity contribution in [3.8, 4) is 11.6 Å². The van der Waals surface area contributed by atoms with Gasteiger partial charge >= 0.3 is 0 Å². The Balaban J connectivity index is 1.27. The van der Waals surface area contributed by atoms with Gasteiger partial charge in [0.2, 0.25) is 27.7 Å². The van der Waals surface area contributed by atoms with E-state index in [1.54, 1.807) is 11.1 Å². The molecule has 47 heavy (non-hydrogen) atoms. The summed E-state index contributed by atoms with van der Waals surface area (Å²) in [6, 6.07) is 6.66. The van der Waals surface area contributed by atoms with Crippen LogP contribution in [0, 0.1) is 17.8 Å². The quantitative estimate of drug-likeness (QED) is 0.398. The van der Waals surface area contributed by atoms with Crippen molar-refractivity contribution in [3.63, 3.8) is 0 Å². The molecule has 11 nitrogen and oxygen atoms in total.